The molecule has 106 valence electrons. The van der Waals surface area contributed by atoms with Crippen molar-refractivity contribution in [1.29, 1.82) is 0 Å². The molecule has 3 heteroatoms. The molecule has 0 aromatic carbocycles. The lowest BCUT2D eigenvalue weighted by molar-refractivity contribution is 0.217. The number of hydrogen-bond donors (Lipinski definition) is 1. The normalized spacial score (nSPS) is 26.0. The molecule has 0 spiro atoms. The highest BCUT2D eigenvalue weighted by Gasteiger charge is 2.16. The van der Waals surface area contributed by atoms with Gasteiger partial charge in [0.15, 0.2) is 0 Å². The maximum Gasteiger partial charge on any atom is 0.0195 e. The molecule has 2 saturated heterocycles. The van der Waals surface area contributed by atoms with Crippen LogP contribution < -0.4 is 5.32 Å². The smallest absolute Gasteiger partial charge is 0.0195 e. The quantitative estimate of drug-likeness (QED) is 0.748. The topological polar surface area (TPSA) is 18.5 Å². The van der Waals surface area contributed by atoms with Crippen LogP contribution in [-0.4, -0.2) is 61.7 Å². The van der Waals surface area contributed by atoms with Gasteiger partial charge in [-0.1, -0.05) is 13.3 Å². The molecular weight excluding hydrogens is 222 g/mol. The third-order valence-electron chi connectivity index (χ3n) is 4.49. The summed E-state index contributed by atoms with van der Waals surface area (Å²) in [6, 6.07) is 0.755. The van der Waals surface area contributed by atoms with Gasteiger partial charge >= 0.3 is 0 Å². The minimum absolute atomic E-state index is 0.755. The van der Waals surface area contributed by atoms with E-state index < -0.39 is 0 Å². The van der Waals surface area contributed by atoms with Gasteiger partial charge in [-0.05, 0) is 71.4 Å². The van der Waals surface area contributed by atoms with Crippen molar-refractivity contribution in [1.82, 2.24) is 15.1 Å². The van der Waals surface area contributed by atoms with Gasteiger partial charge in [0, 0.05) is 12.6 Å². The van der Waals surface area contributed by atoms with Gasteiger partial charge in [-0.25, -0.2) is 0 Å². The second kappa shape index (κ2) is 8.13. The monoisotopic (exact) mass is 253 g/mol. The number of nitrogens with zero attached hydrogens (tertiary/aromatic N) is 2. The van der Waals surface area contributed by atoms with Gasteiger partial charge < -0.3 is 15.1 Å². The van der Waals surface area contributed by atoms with Crippen LogP contribution in [0.1, 0.15) is 45.4 Å². The third kappa shape index (κ3) is 4.87. The highest BCUT2D eigenvalue weighted by molar-refractivity contribution is 4.76. The molecule has 2 rings (SSSR count). The van der Waals surface area contributed by atoms with Crippen molar-refractivity contribution in [2.45, 2.75) is 51.5 Å². The minimum atomic E-state index is 0.755. The summed E-state index contributed by atoms with van der Waals surface area (Å²) >= 11 is 0. The van der Waals surface area contributed by atoms with Gasteiger partial charge in [-0.2, -0.15) is 0 Å². The Hall–Kier alpha value is -0.120. The van der Waals surface area contributed by atoms with Gasteiger partial charge in [0.1, 0.15) is 0 Å². The zero-order valence-corrected chi connectivity index (χ0v) is 12.2. The van der Waals surface area contributed by atoms with Gasteiger partial charge in [0.05, 0.1) is 0 Å². The molecule has 3 nitrogen and oxygen atoms in total. The van der Waals surface area contributed by atoms with E-state index in [1.165, 1.54) is 84.3 Å². The summed E-state index contributed by atoms with van der Waals surface area (Å²) in [6.07, 6.45) is 8.36. The summed E-state index contributed by atoms with van der Waals surface area (Å²) in [5, 5.41) is 3.66. The minimum Gasteiger partial charge on any atom is -0.313 e. The average Bonchev–Trinajstić information content (AvgIpc) is 2.92. The number of likely N-dealkylation sites (N-methyl/N-ethyl adjacent to an activating group) is 1. The van der Waals surface area contributed by atoms with Crippen LogP contribution in [0.25, 0.3) is 0 Å². The molecular formula is C15H31N3. The van der Waals surface area contributed by atoms with Crippen LogP contribution >= 0.6 is 0 Å². The molecule has 0 saturated carbocycles. The maximum atomic E-state index is 3.66. The first-order valence-corrected chi connectivity index (χ1v) is 8.06. The Kier molecular flexibility index (Phi) is 6.46. The van der Waals surface area contributed by atoms with Crippen molar-refractivity contribution >= 4 is 0 Å². The van der Waals surface area contributed by atoms with Crippen molar-refractivity contribution in [3.05, 3.63) is 0 Å². The Bertz CT molecular complexity index is 208. The molecule has 0 radical (unpaired) electrons. The van der Waals surface area contributed by atoms with Crippen LogP contribution in [0.2, 0.25) is 0 Å². The first-order chi connectivity index (χ1) is 8.88. The Morgan fingerprint density at radius 1 is 1.17 bits per heavy atom. The Balaban J connectivity index is 1.58. The number of nitrogens with one attached hydrogen (secondary N) is 1. The zero-order chi connectivity index (χ0) is 12.6. The first kappa shape index (κ1) is 14.3. The Labute approximate surface area is 113 Å². The van der Waals surface area contributed by atoms with Crippen LogP contribution in [0.15, 0.2) is 0 Å². The van der Waals surface area contributed by atoms with E-state index in [4.69, 9.17) is 0 Å². The lowest BCUT2D eigenvalue weighted by atomic mass is 10.0. The predicted octanol–water partition coefficient (Wildman–Crippen LogP) is 1.94. The van der Waals surface area contributed by atoms with E-state index in [2.05, 4.69) is 22.0 Å². The fraction of sp³-hybridized carbons (Fsp3) is 1.00. The molecule has 1 unspecified atom stereocenters. The van der Waals surface area contributed by atoms with Gasteiger partial charge in [-0.15, -0.1) is 0 Å². The highest BCUT2D eigenvalue weighted by atomic mass is 15.2. The van der Waals surface area contributed by atoms with E-state index in [9.17, 15) is 0 Å². The van der Waals surface area contributed by atoms with E-state index in [0.29, 0.717) is 0 Å². The molecule has 0 aromatic heterocycles. The van der Waals surface area contributed by atoms with Crippen LogP contribution in [-0.2, 0) is 0 Å². The van der Waals surface area contributed by atoms with Crippen LogP contribution in [0.3, 0.4) is 0 Å². The molecule has 2 aliphatic rings. The fourth-order valence-electron chi connectivity index (χ4n) is 3.29. The maximum absolute atomic E-state index is 3.66. The SMILES string of the molecule is CCN(CCCN1CCCC1)CC1CCCCN1. The summed E-state index contributed by atoms with van der Waals surface area (Å²) in [7, 11) is 0. The molecule has 0 aliphatic carbocycles. The molecule has 1 N–H and O–H groups in total. The van der Waals surface area contributed by atoms with Crippen LogP contribution in [0.5, 0.6) is 0 Å². The summed E-state index contributed by atoms with van der Waals surface area (Å²) in [4.78, 5) is 5.27. The summed E-state index contributed by atoms with van der Waals surface area (Å²) in [6.45, 7) is 11.3. The second-order valence-electron chi connectivity index (χ2n) is 5.94. The van der Waals surface area contributed by atoms with E-state index in [-0.39, 0.29) is 0 Å². The van der Waals surface area contributed by atoms with Crippen LogP contribution in [0.4, 0.5) is 0 Å². The lowest BCUT2D eigenvalue weighted by Crippen LogP contribution is -2.44. The zero-order valence-electron chi connectivity index (χ0n) is 12.2. The molecule has 18 heavy (non-hydrogen) atoms. The number of likely N-dealkylation sites (tertiary alicyclic amines) is 1. The predicted molar refractivity (Wildman–Crippen MR) is 78.0 cm³/mol. The fourth-order valence-corrected chi connectivity index (χ4v) is 3.29. The van der Waals surface area contributed by atoms with Crippen molar-refractivity contribution in [3.8, 4) is 0 Å². The van der Waals surface area contributed by atoms with Gasteiger partial charge in [0.25, 0.3) is 0 Å². The van der Waals surface area contributed by atoms with E-state index in [1.807, 2.05) is 0 Å². The van der Waals surface area contributed by atoms with E-state index in [0.717, 1.165) is 6.04 Å². The van der Waals surface area contributed by atoms with E-state index in [1.54, 1.807) is 0 Å². The largest absolute Gasteiger partial charge is 0.313 e. The number of hydrogen-bond acceptors (Lipinski definition) is 3. The van der Waals surface area contributed by atoms with Gasteiger partial charge in [0.2, 0.25) is 0 Å². The standard InChI is InChI=1S/C15H31N3/c1-2-17(14-15-8-3-4-9-16-15)12-7-13-18-10-5-6-11-18/h15-16H,2-14H2,1H3. The van der Waals surface area contributed by atoms with Crippen LogP contribution in [0, 0.1) is 0 Å². The number of piperidine rings is 1. The van der Waals surface area contributed by atoms with Crippen molar-refractivity contribution in [2.75, 3.05) is 45.8 Å². The molecule has 2 fully saturated rings. The molecule has 0 aromatic rings. The molecule has 1 atom stereocenters. The van der Waals surface area contributed by atoms with Crippen molar-refractivity contribution < 1.29 is 0 Å². The Morgan fingerprint density at radius 3 is 2.67 bits per heavy atom. The first-order valence-electron chi connectivity index (χ1n) is 8.06. The average molecular weight is 253 g/mol. The van der Waals surface area contributed by atoms with E-state index >= 15 is 0 Å². The summed E-state index contributed by atoms with van der Waals surface area (Å²) in [5.41, 5.74) is 0. The van der Waals surface area contributed by atoms with Crippen molar-refractivity contribution in [3.63, 3.8) is 0 Å². The second-order valence-corrected chi connectivity index (χ2v) is 5.94. The summed E-state index contributed by atoms with van der Waals surface area (Å²) in [5.74, 6) is 0. The molecule has 2 heterocycles. The molecule has 0 amide bonds. The Morgan fingerprint density at radius 2 is 2.00 bits per heavy atom. The molecule has 0 bridgehead atoms. The van der Waals surface area contributed by atoms with Gasteiger partial charge in [-0.3, -0.25) is 0 Å². The summed E-state index contributed by atoms with van der Waals surface area (Å²) < 4.78 is 0. The lowest BCUT2D eigenvalue weighted by Gasteiger charge is -2.30. The number of rotatable bonds is 7. The molecule has 2 aliphatic heterocycles. The van der Waals surface area contributed by atoms with Crippen molar-refractivity contribution in [2.24, 2.45) is 0 Å². The highest BCUT2D eigenvalue weighted by Crippen LogP contribution is 2.10. The third-order valence-corrected chi connectivity index (χ3v) is 4.49.